The van der Waals surface area contributed by atoms with E-state index in [0.29, 0.717) is 30.0 Å². The summed E-state index contributed by atoms with van der Waals surface area (Å²) in [6, 6.07) is 7.72. The van der Waals surface area contributed by atoms with Gasteiger partial charge < -0.3 is 19.5 Å². The minimum Gasteiger partial charge on any atom is -0.485 e. The normalized spacial score (nSPS) is 22.2. The Morgan fingerprint density at radius 2 is 1.96 bits per heavy atom. The zero-order chi connectivity index (χ0) is 16.9. The molecule has 0 bridgehead atoms. The highest BCUT2D eigenvalue weighted by Gasteiger charge is 2.29. The molecular weight excluding hydrogens is 308 g/mol. The summed E-state index contributed by atoms with van der Waals surface area (Å²) >= 11 is 0. The van der Waals surface area contributed by atoms with E-state index in [1.807, 2.05) is 24.3 Å². The van der Waals surface area contributed by atoms with E-state index in [1.54, 1.807) is 0 Å². The monoisotopic (exact) mass is 334 g/mol. The number of ether oxygens (including phenoxy) is 3. The SMILES string of the molecule is CC(C)C(CNC(=O)C1COc2ccccc2O1)N1CCOCC1. The molecule has 6 nitrogen and oxygen atoms in total. The zero-order valence-electron chi connectivity index (χ0n) is 14.4. The van der Waals surface area contributed by atoms with Crippen LogP contribution in [0, 0.1) is 5.92 Å². The summed E-state index contributed by atoms with van der Waals surface area (Å²) in [5, 5.41) is 3.04. The van der Waals surface area contributed by atoms with Crippen LogP contribution in [0.2, 0.25) is 0 Å². The summed E-state index contributed by atoms with van der Waals surface area (Å²) in [6.07, 6.45) is -0.600. The molecule has 2 heterocycles. The van der Waals surface area contributed by atoms with Gasteiger partial charge in [-0.25, -0.2) is 0 Å². The molecule has 2 atom stereocenters. The molecule has 2 unspecified atom stereocenters. The second kappa shape index (κ2) is 7.85. The number of para-hydroxylation sites is 2. The molecule has 24 heavy (non-hydrogen) atoms. The topological polar surface area (TPSA) is 60.0 Å². The van der Waals surface area contributed by atoms with Crippen LogP contribution >= 0.6 is 0 Å². The van der Waals surface area contributed by atoms with Crippen molar-refractivity contribution in [2.24, 2.45) is 5.92 Å². The molecule has 1 saturated heterocycles. The Balaban J connectivity index is 1.54. The van der Waals surface area contributed by atoms with Gasteiger partial charge in [0.25, 0.3) is 5.91 Å². The Labute approximate surface area is 143 Å². The van der Waals surface area contributed by atoms with Crippen LogP contribution < -0.4 is 14.8 Å². The van der Waals surface area contributed by atoms with Crippen molar-refractivity contribution in [1.82, 2.24) is 10.2 Å². The van der Waals surface area contributed by atoms with E-state index in [2.05, 4.69) is 24.1 Å². The number of hydrogen-bond acceptors (Lipinski definition) is 5. The van der Waals surface area contributed by atoms with Gasteiger partial charge in [-0.15, -0.1) is 0 Å². The average molecular weight is 334 g/mol. The van der Waals surface area contributed by atoms with Gasteiger partial charge in [0.1, 0.15) is 6.61 Å². The molecule has 0 aliphatic carbocycles. The summed E-state index contributed by atoms with van der Waals surface area (Å²) in [6.45, 7) is 8.56. The number of rotatable bonds is 5. The summed E-state index contributed by atoms with van der Waals surface area (Å²) in [5.74, 6) is 1.64. The summed E-state index contributed by atoms with van der Waals surface area (Å²) in [7, 11) is 0. The average Bonchev–Trinajstić information content (AvgIpc) is 2.62. The van der Waals surface area contributed by atoms with Gasteiger partial charge in [0.2, 0.25) is 6.10 Å². The molecular formula is C18H26N2O4. The number of nitrogens with one attached hydrogen (secondary N) is 1. The van der Waals surface area contributed by atoms with Crippen molar-refractivity contribution in [1.29, 1.82) is 0 Å². The van der Waals surface area contributed by atoms with Crippen LogP contribution in [-0.4, -0.2) is 62.4 Å². The van der Waals surface area contributed by atoms with Crippen molar-refractivity contribution in [3.8, 4) is 11.5 Å². The van der Waals surface area contributed by atoms with Gasteiger partial charge in [-0.1, -0.05) is 26.0 Å². The molecule has 1 N–H and O–H groups in total. The van der Waals surface area contributed by atoms with E-state index in [9.17, 15) is 4.79 Å². The number of nitrogens with zero attached hydrogens (tertiary/aromatic N) is 1. The Bertz CT molecular complexity index is 558. The van der Waals surface area contributed by atoms with E-state index >= 15 is 0 Å². The lowest BCUT2D eigenvalue weighted by Gasteiger charge is -2.37. The molecule has 2 aliphatic rings. The van der Waals surface area contributed by atoms with Gasteiger partial charge in [-0.3, -0.25) is 9.69 Å². The predicted octanol–water partition coefficient (Wildman–Crippen LogP) is 1.30. The standard InChI is InChI=1S/C18H26N2O4/c1-13(2)14(20-7-9-22-10-8-20)11-19-18(21)17-12-23-15-5-3-4-6-16(15)24-17/h3-6,13-14,17H,7-12H2,1-2H3,(H,19,21). The first-order valence-corrected chi connectivity index (χ1v) is 8.63. The number of carbonyl (C=O) groups is 1. The highest BCUT2D eigenvalue weighted by Crippen LogP contribution is 2.30. The summed E-state index contributed by atoms with van der Waals surface area (Å²) in [4.78, 5) is 14.8. The second-order valence-electron chi connectivity index (χ2n) is 6.57. The smallest absolute Gasteiger partial charge is 0.264 e. The van der Waals surface area contributed by atoms with E-state index in [1.165, 1.54) is 0 Å². The fourth-order valence-electron chi connectivity index (χ4n) is 3.16. The lowest BCUT2D eigenvalue weighted by Crippen LogP contribution is -2.53. The third-order valence-corrected chi connectivity index (χ3v) is 4.57. The van der Waals surface area contributed by atoms with Gasteiger partial charge in [-0.2, -0.15) is 0 Å². The van der Waals surface area contributed by atoms with Crippen molar-refractivity contribution in [3.05, 3.63) is 24.3 Å². The molecule has 1 aromatic rings. The fourth-order valence-corrected chi connectivity index (χ4v) is 3.16. The number of carbonyl (C=O) groups excluding carboxylic acids is 1. The molecule has 132 valence electrons. The van der Waals surface area contributed by atoms with Crippen LogP contribution in [0.1, 0.15) is 13.8 Å². The molecule has 3 rings (SSSR count). The molecule has 0 saturated carbocycles. The van der Waals surface area contributed by atoms with Crippen molar-refractivity contribution in [2.45, 2.75) is 26.0 Å². The largest absolute Gasteiger partial charge is 0.485 e. The van der Waals surface area contributed by atoms with Crippen LogP contribution in [-0.2, 0) is 9.53 Å². The minimum absolute atomic E-state index is 0.122. The molecule has 0 spiro atoms. The zero-order valence-corrected chi connectivity index (χ0v) is 14.4. The molecule has 6 heteroatoms. The predicted molar refractivity (Wildman–Crippen MR) is 90.4 cm³/mol. The van der Waals surface area contributed by atoms with E-state index in [-0.39, 0.29) is 12.5 Å². The van der Waals surface area contributed by atoms with Gasteiger partial charge in [0.05, 0.1) is 13.2 Å². The van der Waals surface area contributed by atoms with E-state index in [0.717, 1.165) is 26.3 Å². The highest BCUT2D eigenvalue weighted by atomic mass is 16.6. The summed E-state index contributed by atoms with van der Waals surface area (Å²) in [5.41, 5.74) is 0. The van der Waals surface area contributed by atoms with Crippen molar-refractivity contribution in [3.63, 3.8) is 0 Å². The third-order valence-electron chi connectivity index (χ3n) is 4.57. The number of fused-ring (bicyclic) bond motifs is 1. The molecule has 0 radical (unpaired) electrons. The van der Waals surface area contributed by atoms with Crippen LogP contribution in [0.15, 0.2) is 24.3 Å². The Kier molecular flexibility index (Phi) is 5.58. The quantitative estimate of drug-likeness (QED) is 0.879. The lowest BCUT2D eigenvalue weighted by molar-refractivity contribution is -0.130. The molecule has 1 amide bonds. The van der Waals surface area contributed by atoms with Crippen LogP contribution in [0.4, 0.5) is 0 Å². The first-order valence-electron chi connectivity index (χ1n) is 8.63. The van der Waals surface area contributed by atoms with Crippen LogP contribution in [0.3, 0.4) is 0 Å². The van der Waals surface area contributed by atoms with E-state index in [4.69, 9.17) is 14.2 Å². The van der Waals surface area contributed by atoms with Gasteiger partial charge in [0.15, 0.2) is 11.5 Å². The number of amides is 1. The molecule has 0 aromatic heterocycles. The number of benzene rings is 1. The summed E-state index contributed by atoms with van der Waals surface area (Å²) < 4.78 is 16.8. The molecule has 1 aromatic carbocycles. The van der Waals surface area contributed by atoms with Gasteiger partial charge in [0, 0.05) is 25.7 Å². The van der Waals surface area contributed by atoms with Crippen molar-refractivity contribution < 1.29 is 19.0 Å². The van der Waals surface area contributed by atoms with Crippen molar-refractivity contribution in [2.75, 3.05) is 39.5 Å². The minimum atomic E-state index is -0.600. The second-order valence-corrected chi connectivity index (χ2v) is 6.57. The number of morpholine rings is 1. The maximum absolute atomic E-state index is 12.5. The van der Waals surface area contributed by atoms with Crippen LogP contribution in [0.5, 0.6) is 11.5 Å². The van der Waals surface area contributed by atoms with Gasteiger partial charge in [-0.05, 0) is 18.1 Å². The van der Waals surface area contributed by atoms with Gasteiger partial charge >= 0.3 is 0 Å². The first kappa shape index (κ1) is 17.0. The number of hydrogen-bond donors (Lipinski definition) is 1. The fraction of sp³-hybridized carbons (Fsp3) is 0.611. The Morgan fingerprint density at radius 3 is 2.67 bits per heavy atom. The lowest BCUT2D eigenvalue weighted by atomic mass is 10.0. The molecule has 1 fully saturated rings. The van der Waals surface area contributed by atoms with Crippen LogP contribution in [0.25, 0.3) is 0 Å². The Hall–Kier alpha value is -1.79. The third kappa shape index (κ3) is 3.99. The Morgan fingerprint density at radius 1 is 1.25 bits per heavy atom. The molecule has 2 aliphatic heterocycles. The van der Waals surface area contributed by atoms with E-state index < -0.39 is 6.10 Å². The maximum atomic E-state index is 12.5. The first-order chi connectivity index (χ1) is 11.6. The highest BCUT2D eigenvalue weighted by molar-refractivity contribution is 5.81. The maximum Gasteiger partial charge on any atom is 0.264 e. The van der Waals surface area contributed by atoms with Crippen molar-refractivity contribution >= 4 is 5.91 Å².